The molecule has 0 aliphatic carbocycles. The predicted octanol–water partition coefficient (Wildman–Crippen LogP) is 0.940. The fraction of sp³-hybridized carbons (Fsp3) is 0.583. The Morgan fingerprint density at radius 1 is 1.53 bits per heavy atom. The molecule has 0 aliphatic rings. The smallest absolute Gasteiger partial charge is 0.408 e. The van der Waals surface area contributed by atoms with E-state index in [0.29, 0.717) is 5.69 Å². The Balaban J connectivity index is 2.63. The number of alkyl carbamates (subject to hydrolysis) is 1. The molecule has 0 unspecified atom stereocenters. The average Bonchev–Trinajstić information content (AvgIpc) is 2.60. The van der Waals surface area contributed by atoms with E-state index in [0.717, 1.165) is 0 Å². The van der Waals surface area contributed by atoms with Crippen LogP contribution >= 0.6 is 0 Å². The van der Waals surface area contributed by atoms with E-state index in [1.165, 1.54) is 0 Å². The second-order valence-electron chi connectivity index (χ2n) is 5.22. The number of aliphatic carboxylic acids is 1. The van der Waals surface area contributed by atoms with E-state index in [9.17, 15) is 9.59 Å². The minimum Gasteiger partial charge on any atom is -0.480 e. The number of carboxylic acid groups (broad SMARTS) is 1. The third-order valence-corrected chi connectivity index (χ3v) is 2.17. The first-order chi connectivity index (χ1) is 8.67. The predicted molar refractivity (Wildman–Crippen MR) is 67.7 cm³/mol. The van der Waals surface area contributed by atoms with Crippen LogP contribution in [0.3, 0.4) is 0 Å². The standard InChI is InChI=1S/C12H19N3O4/c1-12(2,3)19-11(18)13-9(10(16)17)7-8-5-6-15(4)14-8/h5-6,9H,7H2,1-4H3,(H,13,18)(H,16,17)/t9-/m0/s1. The van der Waals surface area contributed by atoms with Crippen molar-refractivity contribution in [3.05, 3.63) is 18.0 Å². The van der Waals surface area contributed by atoms with Crippen molar-refractivity contribution in [3.63, 3.8) is 0 Å². The molecule has 2 N–H and O–H groups in total. The Morgan fingerprint density at radius 3 is 2.58 bits per heavy atom. The summed E-state index contributed by atoms with van der Waals surface area (Å²) >= 11 is 0. The second kappa shape index (κ2) is 5.73. The number of carbonyl (C=O) groups excluding carboxylic acids is 1. The molecule has 0 bridgehead atoms. The molecular weight excluding hydrogens is 250 g/mol. The molecule has 19 heavy (non-hydrogen) atoms. The molecule has 0 aromatic carbocycles. The number of hydrogen-bond acceptors (Lipinski definition) is 4. The van der Waals surface area contributed by atoms with Crippen molar-refractivity contribution in [1.82, 2.24) is 15.1 Å². The van der Waals surface area contributed by atoms with Crippen molar-refractivity contribution in [1.29, 1.82) is 0 Å². The highest BCUT2D eigenvalue weighted by Crippen LogP contribution is 2.08. The number of aryl methyl sites for hydroxylation is 1. The summed E-state index contributed by atoms with van der Waals surface area (Å²) in [4.78, 5) is 22.7. The number of aromatic nitrogens is 2. The van der Waals surface area contributed by atoms with Gasteiger partial charge in [-0.05, 0) is 26.8 Å². The Hall–Kier alpha value is -2.05. The Kier molecular flexibility index (Phi) is 4.52. The van der Waals surface area contributed by atoms with Crippen molar-refractivity contribution in [2.45, 2.75) is 38.8 Å². The molecule has 0 fully saturated rings. The van der Waals surface area contributed by atoms with Crippen LogP contribution in [-0.2, 0) is 23.0 Å². The number of hydrogen-bond donors (Lipinski definition) is 2. The monoisotopic (exact) mass is 269 g/mol. The molecule has 0 spiro atoms. The first-order valence-corrected chi connectivity index (χ1v) is 5.88. The third-order valence-electron chi connectivity index (χ3n) is 2.17. The zero-order chi connectivity index (χ0) is 14.6. The van der Waals surface area contributed by atoms with Gasteiger partial charge in [0.1, 0.15) is 11.6 Å². The number of rotatable bonds is 4. The maximum absolute atomic E-state index is 11.5. The molecular formula is C12H19N3O4. The fourth-order valence-electron chi connectivity index (χ4n) is 1.43. The first kappa shape index (κ1) is 15.0. The lowest BCUT2D eigenvalue weighted by Crippen LogP contribution is -2.44. The van der Waals surface area contributed by atoms with Crippen molar-refractivity contribution in [2.75, 3.05) is 0 Å². The summed E-state index contributed by atoms with van der Waals surface area (Å²) in [6, 6.07) is 0.636. The van der Waals surface area contributed by atoms with E-state index in [2.05, 4.69) is 10.4 Å². The molecule has 0 radical (unpaired) electrons. The number of nitrogens with zero attached hydrogens (tertiary/aromatic N) is 2. The van der Waals surface area contributed by atoms with Crippen LogP contribution in [0.1, 0.15) is 26.5 Å². The highest BCUT2D eigenvalue weighted by molar-refractivity contribution is 5.80. The number of carboxylic acids is 1. The highest BCUT2D eigenvalue weighted by Gasteiger charge is 2.24. The largest absolute Gasteiger partial charge is 0.480 e. The van der Waals surface area contributed by atoms with E-state index < -0.39 is 23.7 Å². The van der Waals surface area contributed by atoms with E-state index in [-0.39, 0.29) is 6.42 Å². The van der Waals surface area contributed by atoms with Gasteiger partial charge < -0.3 is 15.2 Å². The number of amides is 1. The Labute approximate surface area is 111 Å². The SMILES string of the molecule is Cn1ccc(C[C@H](NC(=O)OC(C)(C)C)C(=O)O)n1. The molecule has 0 aliphatic heterocycles. The maximum Gasteiger partial charge on any atom is 0.408 e. The van der Waals surface area contributed by atoms with Gasteiger partial charge in [0, 0.05) is 19.7 Å². The first-order valence-electron chi connectivity index (χ1n) is 5.88. The summed E-state index contributed by atoms with van der Waals surface area (Å²) in [6.07, 6.45) is 1.06. The van der Waals surface area contributed by atoms with Crippen LogP contribution in [-0.4, -0.2) is 38.6 Å². The third kappa shape index (κ3) is 5.41. The summed E-state index contributed by atoms with van der Waals surface area (Å²) in [6.45, 7) is 5.13. The molecule has 0 saturated heterocycles. The highest BCUT2D eigenvalue weighted by atomic mass is 16.6. The quantitative estimate of drug-likeness (QED) is 0.848. The molecule has 7 nitrogen and oxygen atoms in total. The normalized spacial score (nSPS) is 12.8. The molecule has 1 atom stereocenters. The molecule has 1 amide bonds. The maximum atomic E-state index is 11.5. The van der Waals surface area contributed by atoms with E-state index >= 15 is 0 Å². The van der Waals surface area contributed by atoms with Crippen molar-refractivity contribution >= 4 is 12.1 Å². The number of nitrogens with one attached hydrogen (secondary N) is 1. The van der Waals surface area contributed by atoms with Crippen molar-refractivity contribution in [3.8, 4) is 0 Å². The lowest BCUT2D eigenvalue weighted by molar-refractivity contribution is -0.139. The molecule has 7 heteroatoms. The van der Waals surface area contributed by atoms with Crippen LogP contribution in [0.15, 0.2) is 12.3 Å². The van der Waals surface area contributed by atoms with Gasteiger partial charge >= 0.3 is 12.1 Å². The molecule has 1 aromatic rings. The summed E-state index contributed by atoms with van der Waals surface area (Å²) in [5.74, 6) is -1.13. The van der Waals surface area contributed by atoms with Gasteiger partial charge in [-0.1, -0.05) is 0 Å². The molecule has 1 rings (SSSR count). The zero-order valence-electron chi connectivity index (χ0n) is 11.5. The average molecular weight is 269 g/mol. The molecule has 106 valence electrons. The minimum atomic E-state index is -1.13. The van der Waals surface area contributed by atoms with Crippen LogP contribution in [0.4, 0.5) is 4.79 Å². The van der Waals surface area contributed by atoms with Gasteiger partial charge in [0.15, 0.2) is 0 Å². The zero-order valence-corrected chi connectivity index (χ0v) is 11.5. The summed E-state index contributed by atoms with van der Waals surface area (Å²) in [7, 11) is 1.74. The molecule has 0 saturated carbocycles. The topological polar surface area (TPSA) is 93.5 Å². The summed E-state index contributed by atoms with van der Waals surface area (Å²) < 4.78 is 6.59. The van der Waals surface area contributed by atoms with Gasteiger partial charge in [-0.3, -0.25) is 4.68 Å². The fourth-order valence-corrected chi connectivity index (χ4v) is 1.43. The van der Waals surface area contributed by atoms with Gasteiger partial charge in [-0.15, -0.1) is 0 Å². The number of carbonyl (C=O) groups is 2. The molecule has 1 heterocycles. The molecule has 1 aromatic heterocycles. The summed E-state index contributed by atoms with van der Waals surface area (Å²) in [5, 5.41) is 15.5. The van der Waals surface area contributed by atoms with Crippen LogP contribution in [0, 0.1) is 0 Å². The Bertz CT molecular complexity index is 462. The Morgan fingerprint density at radius 2 is 2.16 bits per heavy atom. The van der Waals surface area contributed by atoms with Gasteiger partial charge in [0.2, 0.25) is 0 Å². The van der Waals surface area contributed by atoms with Crippen LogP contribution in [0.2, 0.25) is 0 Å². The van der Waals surface area contributed by atoms with Crippen LogP contribution in [0.25, 0.3) is 0 Å². The van der Waals surface area contributed by atoms with Gasteiger partial charge in [-0.2, -0.15) is 5.10 Å². The van der Waals surface area contributed by atoms with E-state index in [4.69, 9.17) is 9.84 Å². The lowest BCUT2D eigenvalue weighted by Gasteiger charge is -2.21. The van der Waals surface area contributed by atoms with Gasteiger partial charge in [-0.25, -0.2) is 9.59 Å². The van der Waals surface area contributed by atoms with Crippen LogP contribution < -0.4 is 5.32 Å². The second-order valence-corrected chi connectivity index (χ2v) is 5.22. The number of ether oxygens (including phenoxy) is 1. The minimum absolute atomic E-state index is 0.107. The van der Waals surface area contributed by atoms with Gasteiger partial charge in [0.05, 0.1) is 5.69 Å². The van der Waals surface area contributed by atoms with E-state index in [1.807, 2.05) is 0 Å². The van der Waals surface area contributed by atoms with Crippen molar-refractivity contribution < 1.29 is 19.4 Å². The summed E-state index contributed by atoms with van der Waals surface area (Å²) in [5.41, 5.74) is -0.0797. The van der Waals surface area contributed by atoms with E-state index in [1.54, 1.807) is 44.8 Å². The van der Waals surface area contributed by atoms with Gasteiger partial charge in [0.25, 0.3) is 0 Å². The van der Waals surface area contributed by atoms with Crippen molar-refractivity contribution in [2.24, 2.45) is 7.05 Å². The van der Waals surface area contributed by atoms with Crippen LogP contribution in [0.5, 0.6) is 0 Å². The lowest BCUT2D eigenvalue weighted by atomic mass is 10.1.